The SMILES string of the molecule is CC(C)Cc1csc(NC(=O)[C@H](C[C@H]2C[C@@H](F)[C@@H](F)C2)c2ccc(S(=O)(=O)C3CC3)cc2)n1. The van der Waals surface area contributed by atoms with Crippen molar-refractivity contribution in [2.75, 3.05) is 5.32 Å². The molecule has 4 rings (SSSR count). The molecule has 0 unspecified atom stereocenters. The van der Waals surface area contributed by atoms with Gasteiger partial charge in [-0.15, -0.1) is 11.3 Å². The molecule has 5 nitrogen and oxygen atoms in total. The summed E-state index contributed by atoms with van der Waals surface area (Å²) >= 11 is 1.35. The Kier molecular flexibility index (Phi) is 7.19. The Bertz CT molecular complexity index is 1070. The number of alkyl halides is 2. The molecule has 33 heavy (non-hydrogen) atoms. The van der Waals surface area contributed by atoms with Crippen molar-refractivity contribution >= 4 is 32.2 Å². The van der Waals surface area contributed by atoms with Gasteiger partial charge in [-0.05, 0) is 68.1 Å². The smallest absolute Gasteiger partial charge is 0.233 e. The Morgan fingerprint density at radius 1 is 1.15 bits per heavy atom. The van der Waals surface area contributed by atoms with Crippen LogP contribution in [0.1, 0.15) is 63.1 Å². The van der Waals surface area contributed by atoms with E-state index in [-0.39, 0.29) is 34.8 Å². The third kappa shape index (κ3) is 5.80. The van der Waals surface area contributed by atoms with E-state index in [4.69, 9.17) is 0 Å². The van der Waals surface area contributed by atoms with Gasteiger partial charge in [0.25, 0.3) is 0 Å². The highest BCUT2D eigenvalue weighted by molar-refractivity contribution is 7.92. The second-order valence-corrected chi connectivity index (χ2v) is 12.8. The Hall–Kier alpha value is -1.87. The number of carbonyl (C=O) groups is 1. The monoisotopic (exact) mass is 496 g/mol. The van der Waals surface area contributed by atoms with Gasteiger partial charge in [0.2, 0.25) is 5.91 Å². The van der Waals surface area contributed by atoms with Gasteiger partial charge in [-0.2, -0.15) is 0 Å². The van der Waals surface area contributed by atoms with Gasteiger partial charge < -0.3 is 5.32 Å². The molecule has 1 aromatic carbocycles. The van der Waals surface area contributed by atoms with Crippen LogP contribution in [0.3, 0.4) is 0 Å². The van der Waals surface area contributed by atoms with Crippen molar-refractivity contribution in [2.45, 2.75) is 80.8 Å². The number of nitrogens with one attached hydrogen (secondary N) is 1. The Labute approximate surface area is 197 Å². The van der Waals surface area contributed by atoms with Gasteiger partial charge in [-0.3, -0.25) is 4.79 Å². The van der Waals surface area contributed by atoms with E-state index in [1.807, 2.05) is 5.38 Å². The first-order valence-corrected chi connectivity index (χ1v) is 13.9. The Morgan fingerprint density at radius 2 is 1.79 bits per heavy atom. The van der Waals surface area contributed by atoms with E-state index in [1.54, 1.807) is 12.1 Å². The molecule has 2 aliphatic rings. The largest absolute Gasteiger partial charge is 0.301 e. The maximum Gasteiger partial charge on any atom is 0.233 e. The van der Waals surface area contributed by atoms with Crippen LogP contribution in [0, 0.1) is 11.8 Å². The molecular weight excluding hydrogens is 466 g/mol. The maximum atomic E-state index is 13.8. The predicted molar refractivity (Wildman–Crippen MR) is 126 cm³/mol. The molecule has 1 amide bonds. The molecule has 9 heteroatoms. The number of hydrogen-bond acceptors (Lipinski definition) is 5. The van der Waals surface area contributed by atoms with Crippen LogP contribution < -0.4 is 5.32 Å². The lowest BCUT2D eigenvalue weighted by Gasteiger charge is -2.20. The van der Waals surface area contributed by atoms with Crippen LogP contribution in [0.25, 0.3) is 0 Å². The molecule has 1 aromatic heterocycles. The number of benzene rings is 1. The summed E-state index contributed by atoms with van der Waals surface area (Å²) in [4.78, 5) is 18.0. The lowest BCUT2D eigenvalue weighted by Crippen LogP contribution is -2.23. The van der Waals surface area contributed by atoms with Crippen molar-refractivity contribution in [1.29, 1.82) is 0 Å². The van der Waals surface area contributed by atoms with Crippen molar-refractivity contribution in [2.24, 2.45) is 11.8 Å². The highest BCUT2D eigenvalue weighted by Crippen LogP contribution is 2.39. The van der Waals surface area contributed by atoms with Crippen LogP contribution in [0.4, 0.5) is 13.9 Å². The molecule has 1 heterocycles. The van der Waals surface area contributed by atoms with E-state index in [1.165, 1.54) is 23.5 Å². The fourth-order valence-corrected chi connectivity index (χ4v) is 6.86. The Morgan fingerprint density at radius 3 is 2.36 bits per heavy atom. The molecule has 2 aliphatic carbocycles. The zero-order chi connectivity index (χ0) is 23.8. The van der Waals surface area contributed by atoms with E-state index in [0.29, 0.717) is 35.9 Å². The number of halogens is 2. The number of hydrogen-bond donors (Lipinski definition) is 1. The van der Waals surface area contributed by atoms with E-state index < -0.39 is 28.1 Å². The van der Waals surface area contributed by atoms with Crippen LogP contribution in [-0.4, -0.2) is 36.9 Å². The molecule has 180 valence electrons. The van der Waals surface area contributed by atoms with E-state index in [9.17, 15) is 22.0 Å². The second-order valence-electron chi connectivity index (χ2n) is 9.70. The lowest BCUT2D eigenvalue weighted by atomic mass is 9.87. The molecular formula is C24H30F2N2O3S2. The summed E-state index contributed by atoms with van der Waals surface area (Å²) in [6.45, 7) is 4.19. The summed E-state index contributed by atoms with van der Waals surface area (Å²) in [5.74, 6) is -0.759. The number of amides is 1. The summed E-state index contributed by atoms with van der Waals surface area (Å²) in [6.07, 6.45) is -0.347. The average Bonchev–Trinajstić information content (AvgIpc) is 3.46. The Balaban J connectivity index is 1.53. The third-order valence-corrected chi connectivity index (χ3v) is 9.45. The van der Waals surface area contributed by atoms with E-state index >= 15 is 0 Å². The van der Waals surface area contributed by atoms with E-state index in [2.05, 4.69) is 24.1 Å². The maximum absolute atomic E-state index is 13.8. The van der Waals surface area contributed by atoms with Gasteiger partial charge in [0, 0.05) is 5.38 Å². The fourth-order valence-electron chi connectivity index (χ4n) is 4.48. The first kappa shape index (κ1) is 24.3. The van der Waals surface area contributed by atoms with Crippen molar-refractivity contribution in [3.05, 3.63) is 40.9 Å². The third-order valence-electron chi connectivity index (χ3n) is 6.37. The van der Waals surface area contributed by atoms with Gasteiger partial charge in [0.1, 0.15) is 12.3 Å². The molecule has 0 spiro atoms. The van der Waals surface area contributed by atoms with Gasteiger partial charge in [-0.1, -0.05) is 26.0 Å². The van der Waals surface area contributed by atoms with Crippen molar-refractivity contribution in [3.8, 4) is 0 Å². The summed E-state index contributed by atoms with van der Waals surface area (Å²) in [7, 11) is -3.33. The second kappa shape index (κ2) is 9.78. The quantitative estimate of drug-likeness (QED) is 0.499. The molecule has 0 saturated heterocycles. The van der Waals surface area contributed by atoms with Crippen molar-refractivity contribution < 1.29 is 22.0 Å². The number of sulfone groups is 1. The zero-order valence-corrected chi connectivity index (χ0v) is 20.5. The molecule has 0 bridgehead atoms. The van der Waals surface area contributed by atoms with Crippen LogP contribution in [0.15, 0.2) is 34.5 Å². The van der Waals surface area contributed by atoms with E-state index in [0.717, 1.165) is 12.1 Å². The number of anilines is 1. The summed E-state index contributed by atoms with van der Waals surface area (Å²) in [6, 6.07) is 6.39. The molecule has 0 radical (unpaired) electrons. The summed E-state index contributed by atoms with van der Waals surface area (Å²) in [5.41, 5.74) is 1.55. The van der Waals surface area contributed by atoms with Crippen molar-refractivity contribution in [3.63, 3.8) is 0 Å². The number of thiazole rings is 1. The number of nitrogens with zero attached hydrogens (tertiary/aromatic N) is 1. The minimum absolute atomic E-state index is 0.0921. The summed E-state index contributed by atoms with van der Waals surface area (Å²) < 4.78 is 52.6. The minimum Gasteiger partial charge on any atom is -0.301 e. The van der Waals surface area contributed by atoms with Crippen LogP contribution in [0.2, 0.25) is 0 Å². The average molecular weight is 497 g/mol. The molecule has 4 atom stereocenters. The number of carbonyl (C=O) groups excluding carboxylic acids is 1. The van der Waals surface area contributed by atoms with Gasteiger partial charge in [0.05, 0.1) is 21.8 Å². The molecule has 1 N–H and O–H groups in total. The van der Waals surface area contributed by atoms with Gasteiger partial charge in [0.15, 0.2) is 15.0 Å². The van der Waals surface area contributed by atoms with Crippen molar-refractivity contribution in [1.82, 2.24) is 4.98 Å². The molecule has 2 aromatic rings. The number of rotatable bonds is 9. The van der Waals surface area contributed by atoms with Gasteiger partial charge >= 0.3 is 0 Å². The van der Waals surface area contributed by atoms with Crippen LogP contribution >= 0.6 is 11.3 Å². The van der Waals surface area contributed by atoms with Crippen LogP contribution in [0.5, 0.6) is 0 Å². The first-order chi connectivity index (χ1) is 15.6. The first-order valence-electron chi connectivity index (χ1n) is 11.5. The molecule has 0 aliphatic heterocycles. The van der Waals surface area contributed by atoms with Crippen LogP contribution in [-0.2, 0) is 21.1 Å². The molecule has 2 fully saturated rings. The summed E-state index contributed by atoms with van der Waals surface area (Å²) in [5, 5.41) is 4.96. The zero-order valence-electron chi connectivity index (χ0n) is 18.8. The number of aromatic nitrogens is 1. The predicted octanol–water partition coefficient (Wildman–Crippen LogP) is 5.48. The highest BCUT2D eigenvalue weighted by Gasteiger charge is 2.38. The van der Waals surface area contributed by atoms with Gasteiger partial charge in [-0.25, -0.2) is 22.2 Å². The minimum atomic E-state index is -3.33. The fraction of sp³-hybridized carbons (Fsp3) is 0.583. The lowest BCUT2D eigenvalue weighted by molar-refractivity contribution is -0.118. The molecule has 2 saturated carbocycles. The normalized spacial score (nSPS) is 24.2. The standard InChI is InChI=1S/C24H30F2N2O3S2/c1-14(2)9-17-13-32-24(27-17)28-23(29)20(10-15-11-21(25)22(26)12-15)16-3-5-18(6-4-16)33(30,31)19-7-8-19/h3-6,13-15,19-22H,7-12H2,1-2H3,(H,27,28,29)/t15-,20-,21+,22-/m1/s1. The highest BCUT2D eigenvalue weighted by atomic mass is 32.2. The topological polar surface area (TPSA) is 76.1 Å².